The number of ether oxygens (including phenoxy) is 1. The molecule has 1 fully saturated rings. The number of rotatable bonds is 10. The van der Waals surface area contributed by atoms with Gasteiger partial charge in [-0.1, -0.05) is 18.6 Å². The Morgan fingerprint density at radius 3 is 2.37 bits per heavy atom. The van der Waals surface area contributed by atoms with E-state index in [-0.39, 0.29) is 23.4 Å². The van der Waals surface area contributed by atoms with Gasteiger partial charge in [-0.15, -0.1) is 0 Å². The van der Waals surface area contributed by atoms with Crippen molar-refractivity contribution in [1.82, 2.24) is 14.9 Å². The lowest BCUT2D eigenvalue weighted by atomic mass is 10.0. The fourth-order valence-electron chi connectivity index (χ4n) is 4.25. The summed E-state index contributed by atoms with van der Waals surface area (Å²) < 4.78 is 38.0. The number of amides is 1. The van der Waals surface area contributed by atoms with Crippen molar-refractivity contribution >= 4 is 15.9 Å². The van der Waals surface area contributed by atoms with E-state index in [2.05, 4.69) is 14.9 Å². The number of methoxy groups -OCH3 is 1. The molecular weight excluding hydrogens is 466 g/mol. The summed E-state index contributed by atoms with van der Waals surface area (Å²) in [6.07, 6.45) is 5.00. The summed E-state index contributed by atoms with van der Waals surface area (Å²) in [5.74, 6) is 1.07. The molecule has 1 aliphatic heterocycles. The smallest absolute Gasteiger partial charge is 0.251 e. The highest BCUT2D eigenvalue weighted by molar-refractivity contribution is 7.89. The zero-order chi connectivity index (χ0) is 24.7. The summed E-state index contributed by atoms with van der Waals surface area (Å²) >= 11 is 0. The zero-order valence-electron chi connectivity index (χ0n) is 19.8. The van der Waals surface area contributed by atoms with Crippen molar-refractivity contribution in [3.63, 3.8) is 0 Å². The molecule has 0 bridgehead atoms. The maximum atomic E-state index is 12.9. The number of benzene rings is 2. The second-order valence-corrected chi connectivity index (χ2v) is 10.3. The van der Waals surface area contributed by atoms with E-state index >= 15 is 0 Å². The van der Waals surface area contributed by atoms with E-state index in [0.717, 1.165) is 37.2 Å². The lowest BCUT2D eigenvalue weighted by molar-refractivity contribution is 0.0924. The molecule has 1 aliphatic rings. The summed E-state index contributed by atoms with van der Waals surface area (Å²) in [7, 11) is -2.08. The van der Waals surface area contributed by atoms with Gasteiger partial charge in [0.25, 0.3) is 5.91 Å². The Morgan fingerprint density at radius 1 is 1.03 bits per heavy atom. The Morgan fingerprint density at radius 2 is 1.74 bits per heavy atom. The number of hydrogen-bond acceptors (Lipinski definition) is 6. The molecule has 0 saturated carbocycles. The van der Waals surface area contributed by atoms with E-state index in [1.54, 1.807) is 19.2 Å². The predicted molar refractivity (Wildman–Crippen MR) is 133 cm³/mol. The van der Waals surface area contributed by atoms with E-state index < -0.39 is 10.0 Å². The number of furan rings is 1. The quantitative estimate of drug-likeness (QED) is 0.443. The minimum atomic E-state index is -3.72. The maximum absolute atomic E-state index is 12.9. The Labute approximate surface area is 206 Å². The molecule has 2 N–H and O–H groups in total. The zero-order valence-corrected chi connectivity index (χ0v) is 20.6. The molecule has 1 saturated heterocycles. The Balaban J connectivity index is 1.40. The SMILES string of the molecule is COc1ccc([C@H](CNC(=O)c2ccc(S(=O)(=O)NCc3ccco3)cc2)N2CCCCC2)cc1. The van der Waals surface area contributed by atoms with Gasteiger partial charge in [-0.05, 0) is 80.0 Å². The van der Waals surface area contributed by atoms with Gasteiger partial charge >= 0.3 is 0 Å². The van der Waals surface area contributed by atoms with Crippen LogP contribution >= 0.6 is 0 Å². The lowest BCUT2D eigenvalue weighted by Gasteiger charge is -2.35. The summed E-state index contributed by atoms with van der Waals surface area (Å²) in [6.45, 7) is 2.49. The van der Waals surface area contributed by atoms with Crippen LogP contribution in [0.15, 0.2) is 76.2 Å². The number of likely N-dealkylation sites (tertiary alicyclic amines) is 1. The average Bonchev–Trinajstić information content (AvgIpc) is 3.43. The molecule has 4 rings (SSSR count). The van der Waals surface area contributed by atoms with Crippen LogP contribution in [0, 0.1) is 0 Å². The van der Waals surface area contributed by atoms with Crippen LogP contribution in [0.3, 0.4) is 0 Å². The van der Waals surface area contributed by atoms with Gasteiger partial charge in [-0.2, -0.15) is 0 Å². The normalized spacial score (nSPS) is 15.5. The van der Waals surface area contributed by atoms with Gasteiger partial charge in [0, 0.05) is 12.1 Å². The molecule has 1 aromatic heterocycles. The van der Waals surface area contributed by atoms with Crippen LogP contribution in [-0.4, -0.2) is 46.0 Å². The van der Waals surface area contributed by atoms with Crippen LogP contribution in [0.2, 0.25) is 0 Å². The Kier molecular flexibility index (Phi) is 8.22. The molecule has 0 unspecified atom stereocenters. The highest BCUT2D eigenvalue weighted by Gasteiger charge is 2.23. The average molecular weight is 498 g/mol. The topological polar surface area (TPSA) is 101 Å². The number of hydrogen-bond donors (Lipinski definition) is 2. The monoisotopic (exact) mass is 497 g/mol. The van der Waals surface area contributed by atoms with Crippen molar-refractivity contribution in [3.05, 3.63) is 83.8 Å². The van der Waals surface area contributed by atoms with E-state index in [9.17, 15) is 13.2 Å². The first-order valence-corrected chi connectivity index (χ1v) is 13.2. The summed E-state index contributed by atoms with van der Waals surface area (Å²) in [6, 6.07) is 17.3. The summed E-state index contributed by atoms with van der Waals surface area (Å²) in [5.41, 5.74) is 1.53. The summed E-state index contributed by atoms with van der Waals surface area (Å²) in [4.78, 5) is 15.4. The second kappa shape index (κ2) is 11.5. The standard InChI is InChI=1S/C26H31N3O5S/c1-33-22-11-7-20(8-12-22)25(29-15-3-2-4-16-29)19-27-26(30)21-9-13-24(14-10-21)35(31,32)28-18-23-6-5-17-34-23/h5-14,17,25,28H,2-4,15-16,18-19H2,1H3,(H,27,30)/t25-/m0/s1. The molecule has 1 atom stereocenters. The fourth-order valence-corrected chi connectivity index (χ4v) is 5.25. The number of nitrogens with zero attached hydrogens (tertiary/aromatic N) is 1. The molecule has 0 spiro atoms. The fraction of sp³-hybridized carbons (Fsp3) is 0.346. The van der Waals surface area contributed by atoms with Crippen LogP contribution in [0.4, 0.5) is 0 Å². The third-order valence-corrected chi connectivity index (χ3v) is 7.65. The van der Waals surface area contributed by atoms with Crippen molar-refractivity contribution in [2.45, 2.75) is 36.7 Å². The van der Waals surface area contributed by atoms with Crippen molar-refractivity contribution in [2.24, 2.45) is 0 Å². The minimum Gasteiger partial charge on any atom is -0.497 e. The maximum Gasteiger partial charge on any atom is 0.251 e. The molecule has 35 heavy (non-hydrogen) atoms. The molecule has 0 aliphatic carbocycles. The van der Waals surface area contributed by atoms with Crippen LogP contribution in [0.25, 0.3) is 0 Å². The van der Waals surface area contributed by atoms with Crippen LogP contribution in [0.5, 0.6) is 5.75 Å². The third-order valence-electron chi connectivity index (χ3n) is 6.23. The minimum absolute atomic E-state index is 0.0515. The molecule has 2 heterocycles. The van der Waals surface area contributed by atoms with Gasteiger partial charge in [0.2, 0.25) is 10.0 Å². The molecule has 2 aromatic carbocycles. The largest absolute Gasteiger partial charge is 0.497 e. The molecule has 9 heteroatoms. The van der Waals surface area contributed by atoms with Gasteiger partial charge < -0.3 is 14.5 Å². The number of nitrogens with one attached hydrogen (secondary N) is 2. The van der Waals surface area contributed by atoms with E-state index in [1.807, 2.05) is 24.3 Å². The van der Waals surface area contributed by atoms with Gasteiger partial charge in [-0.25, -0.2) is 13.1 Å². The summed E-state index contributed by atoms with van der Waals surface area (Å²) in [5, 5.41) is 3.04. The van der Waals surface area contributed by atoms with Crippen LogP contribution in [-0.2, 0) is 16.6 Å². The number of piperidine rings is 1. The van der Waals surface area contributed by atoms with Gasteiger partial charge in [0.1, 0.15) is 11.5 Å². The third kappa shape index (κ3) is 6.50. The van der Waals surface area contributed by atoms with Crippen LogP contribution < -0.4 is 14.8 Å². The Hall–Kier alpha value is -3.14. The predicted octanol–water partition coefficient (Wildman–Crippen LogP) is 3.72. The molecule has 186 valence electrons. The number of carbonyl (C=O) groups excluding carboxylic acids is 1. The van der Waals surface area contributed by atoms with E-state index in [1.165, 1.54) is 36.9 Å². The van der Waals surface area contributed by atoms with Gasteiger partial charge in [-0.3, -0.25) is 9.69 Å². The first-order chi connectivity index (χ1) is 17.0. The highest BCUT2D eigenvalue weighted by Crippen LogP contribution is 2.26. The highest BCUT2D eigenvalue weighted by atomic mass is 32.2. The Bertz CT molecular complexity index is 1190. The van der Waals surface area contributed by atoms with Crippen LogP contribution in [0.1, 0.15) is 47.0 Å². The lowest BCUT2D eigenvalue weighted by Crippen LogP contribution is -2.40. The molecule has 8 nitrogen and oxygen atoms in total. The molecule has 0 radical (unpaired) electrons. The number of sulfonamides is 1. The number of carbonyl (C=O) groups is 1. The van der Waals surface area contributed by atoms with E-state index in [4.69, 9.17) is 9.15 Å². The second-order valence-electron chi connectivity index (χ2n) is 8.52. The molecule has 3 aromatic rings. The van der Waals surface area contributed by atoms with E-state index in [0.29, 0.717) is 17.9 Å². The van der Waals surface area contributed by atoms with Gasteiger partial charge in [0.15, 0.2) is 0 Å². The van der Waals surface area contributed by atoms with Crippen molar-refractivity contribution in [2.75, 3.05) is 26.7 Å². The first kappa shape index (κ1) is 25.0. The molecular formula is C26H31N3O5S. The van der Waals surface area contributed by atoms with Gasteiger partial charge in [0.05, 0.1) is 30.9 Å². The van der Waals surface area contributed by atoms with Crippen molar-refractivity contribution < 1.29 is 22.4 Å². The van der Waals surface area contributed by atoms with Crippen molar-refractivity contribution in [1.29, 1.82) is 0 Å². The first-order valence-electron chi connectivity index (χ1n) is 11.7. The molecule has 1 amide bonds. The van der Waals surface area contributed by atoms with Crippen molar-refractivity contribution in [3.8, 4) is 5.75 Å².